The highest BCUT2D eigenvalue weighted by Gasteiger charge is 2.48. The number of benzene rings is 2. The van der Waals surface area contributed by atoms with Crippen LogP contribution in [-0.4, -0.2) is 23.6 Å². The van der Waals surface area contributed by atoms with Gasteiger partial charge in [-0.05, 0) is 30.4 Å². The van der Waals surface area contributed by atoms with Crippen molar-refractivity contribution in [1.82, 2.24) is 4.90 Å². The van der Waals surface area contributed by atoms with Crippen LogP contribution in [0.2, 0.25) is 0 Å². The largest absolute Gasteiger partial charge is 0.355 e. The van der Waals surface area contributed by atoms with Gasteiger partial charge in [-0.1, -0.05) is 67.6 Å². The van der Waals surface area contributed by atoms with Crippen molar-refractivity contribution in [1.29, 1.82) is 0 Å². The van der Waals surface area contributed by atoms with E-state index in [4.69, 9.17) is 4.74 Å². The van der Waals surface area contributed by atoms with Crippen molar-refractivity contribution in [2.45, 2.75) is 38.5 Å². The molecule has 3 nitrogen and oxygen atoms in total. The molecule has 0 saturated carbocycles. The van der Waals surface area contributed by atoms with E-state index in [0.29, 0.717) is 12.5 Å². The van der Waals surface area contributed by atoms with Gasteiger partial charge in [0.15, 0.2) is 0 Å². The number of rotatable bonds is 4. The van der Waals surface area contributed by atoms with Gasteiger partial charge in [0.1, 0.15) is 6.23 Å². The molecule has 25 heavy (non-hydrogen) atoms. The molecule has 2 aliphatic heterocycles. The second-order valence-electron chi connectivity index (χ2n) is 7.19. The fourth-order valence-electron chi connectivity index (χ4n) is 4.33. The molecule has 130 valence electrons. The molecule has 2 aromatic carbocycles. The molecule has 2 aromatic rings. The van der Waals surface area contributed by atoms with Crippen molar-refractivity contribution in [2.24, 2.45) is 11.8 Å². The number of hydrogen-bond donors (Lipinski definition) is 0. The zero-order chi connectivity index (χ0) is 17.2. The summed E-state index contributed by atoms with van der Waals surface area (Å²) in [5.41, 5.74) is 2.42. The molecule has 0 bridgehead atoms. The van der Waals surface area contributed by atoms with Crippen molar-refractivity contribution < 1.29 is 9.53 Å². The second kappa shape index (κ2) is 7.01. The minimum absolute atomic E-state index is 0.0475. The number of carbonyl (C=O) groups excluding carboxylic acids is 1. The van der Waals surface area contributed by atoms with E-state index >= 15 is 0 Å². The fraction of sp³-hybridized carbons (Fsp3) is 0.409. The highest BCUT2D eigenvalue weighted by molar-refractivity contribution is 5.81. The predicted molar refractivity (Wildman–Crippen MR) is 97.8 cm³/mol. The molecule has 2 saturated heterocycles. The zero-order valence-electron chi connectivity index (χ0n) is 14.7. The van der Waals surface area contributed by atoms with E-state index in [1.54, 1.807) is 0 Å². The van der Waals surface area contributed by atoms with Gasteiger partial charge in [-0.2, -0.15) is 0 Å². The van der Waals surface area contributed by atoms with Crippen LogP contribution < -0.4 is 0 Å². The normalized spacial score (nSPS) is 28.8. The van der Waals surface area contributed by atoms with Crippen LogP contribution in [0.5, 0.6) is 0 Å². The van der Waals surface area contributed by atoms with E-state index in [2.05, 4.69) is 43.3 Å². The number of piperidine rings is 1. The topological polar surface area (TPSA) is 29.5 Å². The first-order valence-corrected chi connectivity index (χ1v) is 9.30. The van der Waals surface area contributed by atoms with Gasteiger partial charge < -0.3 is 9.64 Å². The highest BCUT2D eigenvalue weighted by atomic mass is 16.5. The highest BCUT2D eigenvalue weighted by Crippen LogP contribution is 2.42. The van der Waals surface area contributed by atoms with Gasteiger partial charge in [0.25, 0.3) is 0 Å². The van der Waals surface area contributed by atoms with Crippen molar-refractivity contribution in [3.8, 4) is 0 Å². The van der Waals surface area contributed by atoms with Crippen LogP contribution in [0.15, 0.2) is 60.7 Å². The fourth-order valence-corrected chi connectivity index (χ4v) is 4.33. The average molecular weight is 335 g/mol. The zero-order valence-corrected chi connectivity index (χ0v) is 14.7. The van der Waals surface area contributed by atoms with E-state index in [9.17, 15) is 4.79 Å². The summed E-state index contributed by atoms with van der Waals surface area (Å²) in [6.45, 7) is 2.81. The summed E-state index contributed by atoms with van der Waals surface area (Å²) < 4.78 is 6.10. The second-order valence-corrected chi connectivity index (χ2v) is 7.19. The van der Waals surface area contributed by atoms with Crippen LogP contribution in [0, 0.1) is 11.8 Å². The van der Waals surface area contributed by atoms with Crippen LogP contribution in [0.25, 0.3) is 0 Å². The average Bonchev–Trinajstić information content (AvgIpc) is 3.11. The number of carbonyl (C=O) groups is 1. The molecule has 0 aromatic heterocycles. The monoisotopic (exact) mass is 335 g/mol. The minimum atomic E-state index is -0.0604. The van der Waals surface area contributed by atoms with Crippen LogP contribution in [0.1, 0.15) is 36.9 Å². The first-order valence-electron chi connectivity index (χ1n) is 9.30. The summed E-state index contributed by atoms with van der Waals surface area (Å²) in [5.74, 6) is 0.724. The first kappa shape index (κ1) is 16.3. The molecule has 0 N–H and O–H groups in total. The molecule has 2 heterocycles. The van der Waals surface area contributed by atoms with Gasteiger partial charge in [-0.15, -0.1) is 0 Å². The third-order valence-corrected chi connectivity index (χ3v) is 5.66. The van der Waals surface area contributed by atoms with Gasteiger partial charge in [0.05, 0.1) is 12.6 Å². The lowest BCUT2D eigenvalue weighted by atomic mass is 9.81. The molecule has 0 aliphatic carbocycles. The quantitative estimate of drug-likeness (QED) is 0.838. The summed E-state index contributed by atoms with van der Waals surface area (Å²) in [5, 5.41) is 0. The summed E-state index contributed by atoms with van der Waals surface area (Å²) >= 11 is 0. The Morgan fingerprint density at radius 3 is 2.40 bits per heavy atom. The SMILES string of the molecule is CC[C@H]1C[C@H](Cc2ccccc2)C(=O)N2[C@@H]1OC[C@H]2c1ccccc1. The molecule has 4 atom stereocenters. The maximum atomic E-state index is 13.3. The molecule has 3 heteroatoms. The van der Waals surface area contributed by atoms with Crippen molar-refractivity contribution >= 4 is 5.91 Å². The summed E-state index contributed by atoms with van der Waals surface area (Å²) in [6.07, 6.45) is 2.73. The number of nitrogens with zero attached hydrogens (tertiary/aromatic N) is 1. The minimum Gasteiger partial charge on any atom is -0.355 e. The Morgan fingerprint density at radius 1 is 1.04 bits per heavy atom. The molecule has 1 amide bonds. The molecule has 4 rings (SSSR count). The van der Waals surface area contributed by atoms with E-state index < -0.39 is 0 Å². The standard InChI is InChI=1S/C22H25NO2/c1-2-17-14-19(13-16-9-5-3-6-10-16)21(24)23-20(15-25-22(17)23)18-11-7-4-8-12-18/h3-12,17,19-20,22H,2,13-15H2,1H3/t17-,19-,20-,22+/m0/s1. The van der Waals surface area contributed by atoms with Gasteiger partial charge in [0.2, 0.25) is 5.91 Å². The van der Waals surface area contributed by atoms with Gasteiger partial charge in [-0.3, -0.25) is 4.79 Å². The Bertz CT molecular complexity index is 715. The van der Waals surface area contributed by atoms with Gasteiger partial charge >= 0.3 is 0 Å². The third kappa shape index (κ3) is 3.09. The van der Waals surface area contributed by atoms with E-state index in [0.717, 1.165) is 19.3 Å². The molecule has 2 aliphatic rings. The molecule has 0 spiro atoms. The van der Waals surface area contributed by atoms with E-state index in [1.807, 2.05) is 29.2 Å². The van der Waals surface area contributed by atoms with Crippen molar-refractivity contribution in [2.75, 3.05) is 6.61 Å². The number of hydrogen-bond acceptors (Lipinski definition) is 2. The van der Waals surface area contributed by atoms with Crippen LogP contribution in [0.4, 0.5) is 0 Å². The first-order chi connectivity index (χ1) is 12.3. The van der Waals surface area contributed by atoms with E-state index in [-0.39, 0.29) is 24.1 Å². The Balaban J connectivity index is 1.61. The van der Waals surface area contributed by atoms with Crippen LogP contribution >= 0.6 is 0 Å². The maximum Gasteiger partial charge on any atom is 0.228 e. The summed E-state index contributed by atoms with van der Waals surface area (Å²) in [7, 11) is 0. The van der Waals surface area contributed by atoms with E-state index in [1.165, 1.54) is 11.1 Å². The summed E-state index contributed by atoms with van der Waals surface area (Å²) in [4.78, 5) is 15.3. The molecular weight excluding hydrogens is 310 g/mol. The van der Waals surface area contributed by atoms with Crippen LogP contribution in [-0.2, 0) is 16.0 Å². The molecule has 0 unspecified atom stereocenters. The van der Waals surface area contributed by atoms with Crippen molar-refractivity contribution in [3.63, 3.8) is 0 Å². The Kier molecular flexibility index (Phi) is 4.58. The molecule has 2 fully saturated rings. The maximum absolute atomic E-state index is 13.3. The van der Waals surface area contributed by atoms with Crippen molar-refractivity contribution in [3.05, 3.63) is 71.8 Å². The number of amides is 1. The lowest BCUT2D eigenvalue weighted by Crippen LogP contribution is -2.50. The number of ether oxygens (including phenoxy) is 1. The number of fused-ring (bicyclic) bond motifs is 1. The summed E-state index contributed by atoms with van der Waals surface area (Å²) in [6, 6.07) is 20.7. The Morgan fingerprint density at radius 2 is 1.72 bits per heavy atom. The lowest BCUT2D eigenvalue weighted by molar-refractivity contribution is -0.154. The smallest absolute Gasteiger partial charge is 0.228 e. The molecule has 0 radical (unpaired) electrons. The van der Waals surface area contributed by atoms with Crippen LogP contribution in [0.3, 0.4) is 0 Å². The molecular formula is C22H25NO2. The predicted octanol–water partition coefficient (Wildman–Crippen LogP) is 4.20. The van der Waals surface area contributed by atoms with Gasteiger partial charge in [-0.25, -0.2) is 0 Å². The third-order valence-electron chi connectivity index (χ3n) is 5.66. The Labute approximate surface area is 149 Å². The lowest BCUT2D eigenvalue weighted by Gasteiger charge is -2.41. The Hall–Kier alpha value is -2.13. The van der Waals surface area contributed by atoms with Gasteiger partial charge in [0, 0.05) is 11.8 Å².